The lowest BCUT2D eigenvalue weighted by Crippen LogP contribution is -2.08. The van der Waals surface area contributed by atoms with E-state index in [9.17, 15) is 4.79 Å². The average Bonchev–Trinajstić information content (AvgIpc) is 2.95. The first-order chi connectivity index (χ1) is 10.2. The zero-order chi connectivity index (χ0) is 15.1. The number of aliphatic carboxylic acids is 1. The largest absolute Gasteiger partial charge is 0.493 e. The minimum absolute atomic E-state index is 0.360. The molecule has 1 aliphatic heterocycles. The van der Waals surface area contributed by atoms with E-state index < -0.39 is 5.97 Å². The molecule has 5 heteroatoms. The summed E-state index contributed by atoms with van der Waals surface area (Å²) in [5.41, 5.74) is 0.596. The Balaban J connectivity index is 1.89. The van der Waals surface area contributed by atoms with Gasteiger partial charge in [-0.2, -0.15) is 0 Å². The molecule has 0 aliphatic carbocycles. The average molecular weight is 311 g/mol. The third kappa shape index (κ3) is 5.06. The summed E-state index contributed by atoms with van der Waals surface area (Å²) in [4.78, 5) is 10.6. The van der Waals surface area contributed by atoms with Crippen molar-refractivity contribution < 1.29 is 19.4 Å². The number of hydrogen-bond acceptors (Lipinski definition) is 3. The van der Waals surface area contributed by atoms with Crippen LogP contribution in [-0.4, -0.2) is 30.4 Å². The SMILES string of the molecule is O=C(O)/C=C/c1c(Cl)cccc1OCCCC1CCCO1. The van der Waals surface area contributed by atoms with Gasteiger partial charge in [0.05, 0.1) is 17.7 Å². The normalized spacial score (nSPS) is 18.2. The van der Waals surface area contributed by atoms with Crippen LogP contribution in [0.3, 0.4) is 0 Å². The Bertz CT molecular complexity index is 507. The Hall–Kier alpha value is -1.52. The summed E-state index contributed by atoms with van der Waals surface area (Å²) >= 11 is 6.09. The van der Waals surface area contributed by atoms with Crippen LogP contribution in [0.5, 0.6) is 5.75 Å². The third-order valence-electron chi connectivity index (χ3n) is 3.36. The van der Waals surface area contributed by atoms with E-state index in [2.05, 4.69) is 0 Å². The van der Waals surface area contributed by atoms with Crippen molar-refractivity contribution >= 4 is 23.6 Å². The Labute approximate surface area is 129 Å². The van der Waals surface area contributed by atoms with Gasteiger partial charge in [0.1, 0.15) is 5.75 Å². The molecule has 1 aromatic carbocycles. The summed E-state index contributed by atoms with van der Waals surface area (Å²) in [7, 11) is 0. The van der Waals surface area contributed by atoms with Crippen molar-refractivity contribution in [1.29, 1.82) is 0 Å². The maximum atomic E-state index is 10.6. The van der Waals surface area contributed by atoms with Crippen LogP contribution in [0.25, 0.3) is 6.08 Å². The summed E-state index contributed by atoms with van der Waals surface area (Å²) in [6.45, 7) is 1.43. The number of ether oxygens (including phenoxy) is 2. The first-order valence-electron chi connectivity index (χ1n) is 7.11. The predicted octanol–water partition coefficient (Wildman–Crippen LogP) is 3.78. The molecule has 1 N–H and O–H groups in total. The van der Waals surface area contributed by atoms with Gasteiger partial charge in [0.15, 0.2) is 0 Å². The maximum absolute atomic E-state index is 10.6. The van der Waals surface area contributed by atoms with E-state index in [1.807, 2.05) is 0 Å². The van der Waals surface area contributed by atoms with Crippen molar-refractivity contribution in [2.75, 3.05) is 13.2 Å². The van der Waals surface area contributed by atoms with Crippen LogP contribution in [-0.2, 0) is 9.53 Å². The zero-order valence-electron chi connectivity index (χ0n) is 11.8. The molecule has 1 atom stereocenters. The lowest BCUT2D eigenvalue weighted by molar-refractivity contribution is -0.131. The summed E-state index contributed by atoms with van der Waals surface area (Å²) in [5.74, 6) is -0.411. The number of carboxylic acids is 1. The summed E-state index contributed by atoms with van der Waals surface area (Å²) in [5, 5.41) is 9.18. The number of rotatable bonds is 7. The van der Waals surface area contributed by atoms with Crippen molar-refractivity contribution in [1.82, 2.24) is 0 Å². The fourth-order valence-corrected chi connectivity index (χ4v) is 2.55. The van der Waals surface area contributed by atoms with Crippen LogP contribution in [0.1, 0.15) is 31.2 Å². The molecule has 0 amide bonds. The van der Waals surface area contributed by atoms with E-state index in [0.717, 1.165) is 38.4 Å². The fraction of sp³-hybridized carbons (Fsp3) is 0.438. The fourth-order valence-electron chi connectivity index (χ4n) is 2.32. The van der Waals surface area contributed by atoms with Crippen LogP contribution in [0.4, 0.5) is 0 Å². The van der Waals surface area contributed by atoms with E-state index in [4.69, 9.17) is 26.2 Å². The molecule has 0 bridgehead atoms. The van der Waals surface area contributed by atoms with E-state index in [1.165, 1.54) is 6.08 Å². The van der Waals surface area contributed by atoms with Crippen molar-refractivity contribution in [2.24, 2.45) is 0 Å². The minimum Gasteiger partial charge on any atom is -0.493 e. The number of carboxylic acid groups (broad SMARTS) is 1. The van der Waals surface area contributed by atoms with Gasteiger partial charge in [0.2, 0.25) is 0 Å². The van der Waals surface area contributed by atoms with Crippen LogP contribution >= 0.6 is 11.6 Å². The standard InChI is InChI=1S/C16H19ClO4/c17-14-6-1-7-15(13(14)8-9-16(18)19)21-11-3-5-12-4-2-10-20-12/h1,6-9,12H,2-5,10-11H2,(H,18,19)/b9-8+. The highest BCUT2D eigenvalue weighted by atomic mass is 35.5. The number of benzene rings is 1. The lowest BCUT2D eigenvalue weighted by atomic mass is 10.1. The van der Waals surface area contributed by atoms with Gasteiger partial charge in [-0.1, -0.05) is 17.7 Å². The molecule has 1 aliphatic rings. The van der Waals surface area contributed by atoms with Gasteiger partial charge in [0.25, 0.3) is 0 Å². The van der Waals surface area contributed by atoms with Crippen molar-refractivity contribution in [3.63, 3.8) is 0 Å². The molecule has 0 radical (unpaired) electrons. The predicted molar refractivity (Wildman–Crippen MR) is 81.8 cm³/mol. The van der Waals surface area contributed by atoms with Gasteiger partial charge >= 0.3 is 5.97 Å². The monoisotopic (exact) mass is 310 g/mol. The zero-order valence-corrected chi connectivity index (χ0v) is 12.5. The molecular formula is C16H19ClO4. The highest BCUT2D eigenvalue weighted by Gasteiger charge is 2.14. The van der Waals surface area contributed by atoms with E-state index in [-0.39, 0.29) is 0 Å². The molecule has 1 saturated heterocycles. The van der Waals surface area contributed by atoms with Gasteiger partial charge in [-0.3, -0.25) is 0 Å². The van der Waals surface area contributed by atoms with E-state index >= 15 is 0 Å². The van der Waals surface area contributed by atoms with Crippen LogP contribution in [0.2, 0.25) is 5.02 Å². The van der Waals surface area contributed by atoms with Gasteiger partial charge in [-0.25, -0.2) is 4.79 Å². The molecule has 114 valence electrons. The third-order valence-corrected chi connectivity index (χ3v) is 3.69. The molecular weight excluding hydrogens is 292 g/mol. The summed E-state index contributed by atoms with van der Waals surface area (Å²) < 4.78 is 11.3. The molecule has 2 rings (SSSR count). The summed E-state index contributed by atoms with van der Waals surface area (Å²) in [6.07, 6.45) is 7.04. The molecule has 0 saturated carbocycles. The molecule has 1 aromatic rings. The second-order valence-corrected chi connectivity index (χ2v) is 5.36. The molecule has 0 aromatic heterocycles. The Kier molecular flexibility index (Phi) is 6.08. The topological polar surface area (TPSA) is 55.8 Å². The van der Waals surface area contributed by atoms with E-state index in [0.29, 0.717) is 29.0 Å². The molecule has 21 heavy (non-hydrogen) atoms. The van der Waals surface area contributed by atoms with Gasteiger partial charge in [-0.05, 0) is 43.9 Å². The maximum Gasteiger partial charge on any atom is 0.328 e. The van der Waals surface area contributed by atoms with Crippen LogP contribution in [0.15, 0.2) is 24.3 Å². The van der Waals surface area contributed by atoms with Crippen molar-refractivity contribution in [3.05, 3.63) is 34.9 Å². The lowest BCUT2D eigenvalue weighted by Gasteiger charge is -2.12. The Morgan fingerprint density at radius 1 is 1.52 bits per heavy atom. The smallest absolute Gasteiger partial charge is 0.328 e. The second-order valence-electron chi connectivity index (χ2n) is 4.95. The molecule has 1 fully saturated rings. The van der Waals surface area contributed by atoms with Gasteiger partial charge in [0, 0.05) is 18.2 Å². The van der Waals surface area contributed by atoms with Crippen LogP contribution in [0, 0.1) is 0 Å². The Morgan fingerprint density at radius 2 is 2.38 bits per heavy atom. The van der Waals surface area contributed by atoms with Gasteiger partial charge in [-0.15, -0.1) is 0 Å². The minimum atomic E-state index is -1.01. The van der Waals surface area contributed by atoms with Crippen LogP contribution < -0.4 is 4.74 Å². The van der Waals surface area contributed by atoms with Crippen molar-refractivity contribution in [2.45, 2.75) is 31.8 Å². The number of hydrogen-bond donors (Lipinski definition) is 1. The van der Waals surface area contributed by atoms with Gasteiger partial charge < -0.3 is 14.6 Å². The first-order valence-corrected chi connectivity index (χ1v) is 7.48. The quantitative estimate of drug-likeness (QED) is 0.615. The first kappa shape index (κ1) is 15.9. The summed E-state index contributed by atoms with van der Waals surface area (Å²) in [6, 6.07) is 5.29. The highest BCUT2D eigenvalue weighted by molar-refractivity contribution is 6.32. The number of halogens is 1. The Morgan fingerprint density at radius 3 is 3.10 bits per heavy atom. The highest BCUT2D eigenvalue weighted by Crippen LogP contribution is 2.28. The molecule has 4 nitrogen and oxygen atoms in total. The second kappa shape index (κ2) is 8.05. The number of carbonyl (C=O) groups is 1. The van der Waals surface area contributed by atoms with Crippen molar-refractivity contribution in [3.8, 4) is 5.75 Å². The molecule has 1 heterocycles. The molecule has 0 spiro atoms. The van der Waals surface area contributed by atoms with E-state index in [1.54, 1.807) is 18.2 Å². The molecule has 1 unspecified atom stereocenters.